The Hall–Kier alpha value is -3.17. The normalized spacial score (nSPS) is 22.7. The first-order chi connectivity index (χ1) is 15.7. The van der Waals surface area contributed by atoms with E-state index in [9.17, 15) is 29.7 Å². The van der Waals surface area contributed by atoms with E-state index in [4.69, 9.17) is 0 Å². The fourth-order valence-corrected chi connectivity index (χ4v) is 5.58. The van der Waals surface area contributed by atoms with Gasteiger partial charge in [-0.05, 0) is 36.8 Å². The number of pyridine rings is 1. The fraction of sp³-hybridized carbons (Fsp3) is 0.333. The highest BCUT2D eigenvalue weighted by molar-refractivity contribution is 7.99. The van der Waals surface area contributed by atoms with Crippen molar-refractivity contribution in [3.63, 3.8) is 0 Å². The zero-order valence-corrected chi connectivity index (χ0v) is 19.0. The number of amides is 1. The quantitative estimate of drug-likeness (QED) is 0.234. The molecule has 4 rings (SSSR count). The van der Waals surface area contributed by atoms with Crippen LogP contribution in [0.2, 0.25) is 0 Å². The average molecular weight is 470 g/mol. The maximum Gasteiger partial charge on any atom is 0.352 e. The van der Waals surface area contributed by atoms with Crippen molar-refractivity contribution < 1.29 is 34.3 Å². The van der Waals surface area contributed by atoms with Gasteiger partial charge in [0, 0.05) is 34.3 Å². The third-order valence-corrected chi connectivity index (χ3v) is 7.35. The Labute approximate surface area is 195 Å². The number of aliphatic hydroxyl groups is 1. The van der Waals surface area contributed by atoms with Crippen LogP contribution < -0.4 is 4.57 Å². The second kappa shape index (κ2) is 8.99. The van der Waals surface area contributed by atoms with E-state index in [1.54, 1.807) is 36.0 Å². The van der Waals surface area contributed by atoms with Crippen LogP contribution in [0.4, 0.5) is 0 Å². The Balaban J connectivity index is 1.43. The summed E-state index contributed by atoms with van der Waals surface area (Å²) in [5.41, 5.74) is 1.23. The zero-order chi connectivity index (χ0) is 23.9. The summed E-state index contributed by atoms with van der Waals surface area (Å²) >= 11 is 1.46. The van der Waals surface area contributed by atoms with Gasteiger partial charge in [0.05, 0.1) is 18.1 Å². The number of benzene rings is 1. The molecule has 0 aliphatic carbocycles. The molecular weight excluding hydrogens is 444 g/mol. The number of fused-ring (bicyclic) bond motifs is 1. The maximum absolute atomic E-state index is 12.4. The molecule has 2 aliphatic heterocycles. The first-order valence-electron chi connectivity index (χ1n) is 10.6. The molecule has 33 heavy (non-hydrogen) atoms. The molecule has 172 valence electrons. The summed E-state index contributed by atoms with van der Waals surface area (Å²) in [6.45, 7) is 3.62. The minimum atomic E-state index is -1.13. The van der Waals surface area contributed by atoms with Crippen molar-refractivity contribution >= 4 is 29.4 Å². The molecule has 8 nitrogen and oxygen atoms in total. The van der Waals surface area contributed by atoms with Gasteiger partial charge in [0.15, 0.2) is 12.4 Å². The number of hydrogen-bond donors (Lipinski definition) is 3. The van der Waals surface area contributed by atoms with E-state index in [-0.39, 0.29) is 41.6 Å². The van der Waals surface area contributed by atoms with Crippen LogP contribution in [0.3, 0.4) is 0 Å². The van der Waals surface area contributed by atoms with Crippen LogP contribution in [-0.2, 0) is 16.1 Å². The predicted molar refractivity (Wildman–Crippen MR) is 119 cm³/mol. The monoisotopic (exact) mass is 469 g/mol. The standard InChI is InChI=1S/C24H24N2O6S/c1-13-18(22(24(31)32)26-21(13)20(14(2)27)23(26)30)12-33-17-7-9-25(10-8-17)11-19(29)15-3-5-16(28)6-4-15/h3-10,13-14,20-21,27H,11-12H2,1-2H3,(H-,28,29,31,32)/p+1/t13-,14+,20+,21+/m0/s1. The summed E-state index contributed by atoms with van der Waals surface area (Å²) in [6.07, 6.45) is 2.74. The first kappa shape index (κ1) is 23.0. The molecule has 1 amide bonds. The number of β-lactam (4-membered cyclic amide) rings is 1. The Morgan fingerprint density at radius 3 is 2.36 bits per heavy atom. The number of ketones is 1. The molecule has 0 spiro atoms. The van der Waals surface area contributed by atoms with Crippen molar-refractivity contribution in [3.05, 3.63) is 65.6 Å². The number of nitrogens with zero attached hydrogens (tertiary/aromatic N) is 2. The number of rotatable bonds is 8. The van der Waals surface area contributed by atoms with Crippen molar-refractivity contribution in [1.82, 2.24) is 4.90 Å². The molecule has 0 unspecified atom stereocenters. The highest BCUT2D eigenvalue weighted by atomic mass is 32.2. The number of carboxylic acids is 1. The minimum absolute atomic E-state index is 0.0346. The Kier molecular flexibility index (Phi) is 6.27. The molecule has 0 saturated carbocycles. The minimum Gasteiger partial charge on any atom is -0.508 e. The summed E-state index contributed by atoms with van der Waals surface area (Å²) in [6, 6.07) is 9.50. The largest absolute Gasteiger partial charge is 0.508 e. The van der Waals surface area contributed by atoms with Gasteiger partial charge in [-0.1, -0.05) is 6.92 Å². The van der Waals surface area contributed by atoms with Gasteiger partial charge in [0.2, 0.25) is 18.2 Å². The highest BCUT2D eigenvalue weighted by Crippen LogP contribution is 2.48. The Morgan fingerprint density at radius 2 is 1.79 bits per heavy atom. The van der Waals surface area contributed by atoms with Crippen molar-refractivity contribution in [2.45, 2.75) is 37.4 Å². The number of aromatic nitrogens is 1. The number of Topliss-reactive ketones (excluding diaryl/α,β-unsaturated/α-hetero) is 1. The molecule has 1 fully saturated rings. The van der Waals surface area contributed by atoms with E-state index < -0.39 is 18.0 Å². The van der Waals surface area contributed by atoms with Gasteiger partial charge in [-0.3, -0.25) is 9.59 Å². The lowest BCUT2D eigenvalue weighted by Gasteiger charge is -2.46. The van der Waals surface area contributed by atoms with Gasteiger partial charge in [-0.2, -0.15) is 4.57 Å². The fourth-order valence-electron chi connectivity index (χ4n) is 4.55. The van der Waals surface area contributed by atoms with Crippen LogP contribution in [0.15, 0.2) is 65.0 Å². The number of phenols is 1. The molecule has 3 N–H and O–H groups in total. The third-order valence-electron chi connectivity index (χ3n) is 6.29. The van der Waals surface area contributed by atoms with Gasteiger partial charge in [0.1, 0.15) is 11.4 Å². The van der Waals surface area contributed by atoms with E-state index in [1.165, 1.54) is 28.8 Å². The van der Waals surface area contributed by atoms with E-state index in [0.29, 0.717) is 16.9 Å². The summed E-state index contributed by atoms with van der Waals surface area (Å²) in [7, 11) is 0. The summed E-state index contributed by atoms with van der Waals surface area (Å²) in [5.74, 6) is -1.76. The van der Waals surface area contributed by atoms with Crippen LogP contribution >= 0.6 is 11.8 Å². The number of aliphatic carboxylic acids is 1. The summed E-state index contributed by atoms with van der Waals surface area (Å²) in [5, 5.41) is 29.0. The van der Waals surface area contributed by atoms with Crippen molar-refractivity contribution in [2.75, 3.05) is 5.75 Å². The van der Waals surface area contributed by atoms with Crippen LogP contribution in [0, 0.1) is 11.8 Å². The second-order valence-electron chi connectivity index (χ2n) is 8.40. The lowest BCUT2D eigenvalue weighted by atomic mass is 9.78. The molecular formula is C24H25N2O6S+. The average Bonchev–Trinajstić information content (AvgIpc) is 3.01. The molecule has 0 radical (unpaired) electrons. The van der Waals surface area contributed by atoms with Crippen molar-refractivity contribution in [1.29, 1.82) is 0 Å². The Morgan fingerprint density at radius 1 is 1.15 bits per heavy atom. The molecule has 1 aromatic heterocycles. The van der Waals surface area contributed by atoms with Crippen LogP contribution in [0.1, 0.15) is 24.2 Å². The number of hydrogen-bond acceptors (Lipinski definition) is 6. The second-order valence-corrected chi connectivity index (χ2v) is 9.45. The zero-order valence-electron chi connectivity index (χ0n) is 18.2. The Bertz CT molecular complexity index is 1130. The molecule has 2 aromatic rings. The van der Waals surface area contributed by atoms with Gasteiger partial charge in [0.25, 0.3) is 0 Å². The van der Waals surface area contributed by atoms with E-state index in [0.717, 1.165) is 4.90 Å². The van der Waals surface area contributed by atoms with Crippen LogP contribution in [0.25, 0.3) is 0 Å². The molecule has 4 atom stereocenters. The third kappa shape index (κ3) is 4.26. The number of carbonyl (C=O) groups is 3. The lowest BCUT2D eigenvalue weighted by molar-refractivity contribution is -0.683. The lowest BCUT2D eigenvalue weighted by Crippen LogP contribution is -2.63. The number of aromatic hydroxyl groups is 1. The number of carboxylic acid groups (broad SMARTS) is 1. The topological polar surface area (TPSA) is 119 Å². The van der Waals surface area contributed by atoms with Gasteiger partial charge < -0.3 is 20.2 Å². The van der Waals surface area contributed by atoms with E-state index >= 15 is 0 Å². The van der Waals surface area contributed by atoms with Gasteiger partial charge in [-0.15, -0.1) is 11.8 Å². The molecule has 0 bridgehead atoms. The number of thioether (sulfide) groups is 1. The van der Waals surface area contributed by atoms with Gasteiger partial charge in [-0.25, -0.2) is 4.79 Å². The summed E-state index contributed by atoms with van der Waals surface area (Å²) in [4.78, 5) is 38.9. The smallest absolute Gasteiger partial charge is 0.352 e. The summed E-state index contributed by atoms with van der Waals surface area (Å²) < 4.78 is 1.75. The van der Waals surface area contributed by atoms with Gasteiger partial charge >= 0.3 is 5.97 Å². The SMILES string of the molecule is C[C@@H](O)[C@H]1C(=O)N2C(C(=O)O)=C(CSc3cc[n+](CC(=O)c4ccc(O)cc4)cc3)[C@H](C)[C@H]12. The molecule has 3 heterocycles. The number of phenolic OH excluding ortho intramolecular Hbond substituents is 1. The highest BCUT2D eigenvalue weighted by Gasteiger charge is 2.59. The number of carbonyl (C=O) groups excluding carboxylic acids is 2. The van der Waals surface area contributed by atoms with E-state index in [2.05, 4.69) is 0 Å². The van der Waals surface area contributed by atoms with Crippen LogP contribution in [0.5, 0.6) is 5.75 Å². The van der Waals surface area contributed by atoms with Crippen LogP contribution in [-0.4, -0.2) is 55.8 Å². The first-order valence-corrected chi connectivity index (χ1v) is 11.6. The number of aliphatic hydroxyl groups excluding tert-OH is 1. The predicted octanol–water partition coefficient (Wildman–Crippen LogP) is 1.85. The molecule has 1 aromatic carbocycles. The molecule has 9 heteroatoms. The van der Waals surface area contributed by atoms with Crippen molar-refractivity contribution in [3.8, 4) is 5.75 Å². The molecule has 1 saturated heterocycles. The van der Waals surface area contributed by atoms with E-state index in [1.807, 2.05) is 19.1 Å². The maximum atomic E-state index is 12.4. The van der Waals surface area contributed by atoms with Crippen molar-refractivity contribution in [2.24, 2.45) is 11.8 Å². The molecule has 2 aliphatic rings.